The second kappa shape index (κ2) is 45.0. The molecular formula is C91H93Cl5N22O11. The number of nitrogens with two attached hydrogens (primary N) is 1. The number of halogens is 5. The second-order valence-corrected chi connectivity index (χ2v) is 32.4. The number of fused-ring (bicyclic) bond motifs is 5. The molecule has 5 aliphatic heterocycles. The van der Waals surface area contributed by atoms with E-state index in [0.717, 1.165) is 150 Å². The number of rotatable bonds is 16. The maximum atomic E-state index is 12.6. The normalized spacial score (nSPS) is 17.3. The molecule has 0 radical (unpaired) electrons. The van der Waals surface area contributed by atoms with Gasteiger partial charge in [-0.25, -0.2) is 23.4 Å². The van der Waals surface area contributed by atoms with Gasteiger partial charge in [-0.1, -0.05) is 58.0 Å². The van der Waals surface area contributed by atoms with Gasteiger partial charge in [0.1, 0.15) is 6.04 Å². The molecule has 5 N–H and O–H groups in total. The van der Waals surface area contributed by atoms with Gasteiger partial charge in [-0.05, 0) is 191 Å². The van der Waals surface area contributed by atoms with Crippen molar-refractivity contribution in [3.8, 4) is 28.4 Å². The second-order valence-electron chi connectivity index (χ2n) is 30.2. The van der Waals surface area contributed by atoms with E-state index < -0.39 is 6.04 Å². The highest BCUT2D eigenvalue weighted by atomic mass is 35.5. The molecule has 5 aliphatic rings. The van der Waals surface area contributed by atoms with Crippen LogP contribution in [0.2, 0.25) is 25.1 Å². The van der Waals surface area contributed by atoms with Gasteiger partial charge in [0, 0.05) is 141 Å². The zero-order valence-corrected chi connectivity index (χ0v) is 74.2. The summed E-state index contributed by atoms with van der Waals surface area (Å²) in [4.78, 5) is 77.5. The summed E-state index contributed by atoms with van der Waals surface area (Å²) in [7, 11) is 0. The smallest absolute Gasteiger partial charge is 0.373 e. The minimum atomic E-state index is -0.467. The fourth-order valence-electron chi connectivity index (χ4n) is 15.9. The lowest BCUT2D eigenvalue weighted by molar-refractivity contribution is -0.193. The Balaban J connectivity index is 0.000000128. The lowest BCUT2D eigenvalue weighted by Gasteiger charge is -2.35. The number of hydrogen-bond acceptors (Lipinski definition) is 27. The van der Waals surface area contributed by atoms with Crippen LogP contribution in [0, 0.1) is 0 Å². The number of aliphatic hydroxyl groups is 2. The van der Waals surface area contributed by atoms with Gasteiger partial charge in [0.25, 0.3) is 0 Å². The van der Waals surface area contributed by atoms with E-state index in [0.29, 0.717) is 104 Å². The first-order valence-corrected chi connectivity index (χ1v) is 43.7. The Hall–Kier alpha value is -12.4. The van der Waals surface area contributed by atoms with E-state index in [1.54, 1.807) is 31.0 Å². The van der Waals surface area contributed by atoms with Gasteiger partial charge in [0.2, 0.25) is 5.91 Å². The molecule has 15 heterocycles. The zero-order valence-electron chi connectivity index (χ0n) is 70.4. The Morgan fingerprint density at radius 1 is 0.395 bits per heavy atom. The predicted molar refractivity (Wildman–Crippen MR) is 494 cm³/mol. The van der Waals surface area contributed by atoms with Crippen LogP contribution >= 0.6 is 58.0 Å². The number of hydrogen-bond donors (Lipinski definition) is 4. The average molecular weight is 1850 g/mol. The first kappa shape index (κ1) is 92.8. The van der Waals surface area contributed by atoms with E-state index >= 15 is 0 Å². The Kier molecular flexibility index (Phi) is 32.4. The summed E-state index contributed by atoms with van der Waals surface area (Å²) in [6.07, 6.45) is 22.9. The van der Waals surface area contributed by atoms with Crippen molar-refractivity contribution in [2.75, 3.05) is 136 Å². The molecule has 15 aromatic rings. The van der Waals surface area contributed by atoms with Crippen LogP contribution in [0.1, 0.15) is 39.5 Å². The topological polar surface area (TPSA) is 371 Å². The van der Waals surface area contributed by atoms with Crippen molar-refractivity contribution in [1.29, 1.82) is 0 Å². The van der Waals surface area contributed by atoms with E-state index in [1.165, 1.54) is 19.3 Å². The molecule has 668 valence electrons. The number of aliphatic hydroxyl groups excluding tert-OH is 2. The number of amides is 1. The minimum Gasteiger partial charge on any atom is -0.396 e. The Labute approximate surface area is 766 Å². The molecule has 33 nitrogen and oxygen atoms in total. The molecule has 1 amide bonds. The molecule has 5 atom stereocenters. The van der Waals surface area contributed by atoms with Gasteiger partial charge < -0.3 is 64.7 Å². The van der Waals surface area contributed by atoms with Gasteiger partial charge in [0.05, 0.1) is 165 Å². The van der Waals surface area contributed by atoms with Crippen molar-refractivity contribution in [3.63, 3.8) is 0 Å². The summed E-state index contributed by atoms with van der Waals surface area (Å²) in [5.41, 5.74) is 14.9. The summed E-state index contributed by atoms with van der Waals surface area (Å²) in [6, 6.07) is 48.3. The molecule has 5 fully saturated rings. The largest absolute Gasteiger partial charge is 0.396 e. The van der Waals surface area contributed by atoms with Crippen molar-refractivity contribution in [2.24, 2.45) is 5.73 Å². The quantitative estimate of drug-likeness (QED) is 0.0698. The third-order valence-corrected chi connectivity index (χ3v) is 23.5. The van der Waals surface area contributed by atoms with E-state index in [4.69, 9.17) is 127 Å². The van der Waals surface area contributed by atoms with Gasteiger partial charge >= 0.3 is 12.3 Å². The van der Waals surface area contributed by atoms with Crippen LogP contribution in [-0.2, 0) is 42.9 Å². The van der Waals surface area contributed by atoms with Gasteiger partial charge in [-0.3, -0.25) is 29.7 Å². The SMILES string of the molecule is CC1CCCCN1c1nn(-c2ccc(Cl)cc2)c2cnccc12.CC1COCCN1c1nn(-c2ccc(Cl)cc2)c2cnccc12.NCCNC(=O)C1COCCN1c1nn(-c2ccc(Cl)cc2)c2cnccc12.O=C=O.O=C=O.OCCC1COCCN1c1nn(-c2ccc(Cl)cc2)c2cnccc12.OC[C@@H]1COCCN1c1nn(-c2ccc(Cl)cc2)c2cnccc12. The summed E-state index contributed by atoms with van der Waals surface area (Å²) in [6.45, 7) is 14.0. The molecule has 0 saturated carbocycles. The number of morpholine rings is 4. The number of carbonyl (C=O) groups is 1. The minimum absolute atomic E-state index is 0.0282. The van der Waals surface area contributed by atoms with E-state index in [9.17, 15) is 15.0 Å². The summed E-state index contributed by atoms with van der Waals surface area (Å²) in [5, 5.41) is 54.9. The van der Waals surface area contributed by atoms with E-state index in [2.05, 4.69) is 69.8 Å². The molecule has 5 saturated heterocycles. The van der Waals surface area contributed by atoms with Gasteiger partial charge in [-0.2, -0.15) is 19.2 Å². The van der Waals surface area contributed by atoms with Crippen LogP contribution in [0.15, 0.2) is 214 Å². The van der Waals surface area contributed by atoms with Crippen molar-refractivity contribution in [3.05, 3.63) is 239 Å². The fraction of sp³-hybridized carbons (Fsp3) is 0.308. The number of nitrogens with one attached hydrogen (secondary N) is 1. The van der Waals surface area contributed by atoms with Gasteiger partial charge in [-0.15, -0.1) is 25.5 Å². The van der Waals surface area contributed by atoms with Crippen LogP contribution < -0.4 is 35.6 Å². The third-order valence-electron chi connectivity index (χ3n) is 22.2. The first-order chi connectivity index (χ1) is 63.0. The van der Waals surface area contributed by atoms with Crippen molar-refractivity contribution in [2.45, 2.75) is 69.7 Å². The molecule has 20 rings (SSSR count). The first-order valence-electron chi connectivity index (χ1n) is 41.8. The van der Waals surface area contributed by atoms with Gasteiger partial charge in [0.15, 0.2) is 29.1 Å². The zero-order chi connectivity index (χ0) is 90.3. The Bertz CT molecular complexity index is 6120. The number of carbonyl (C=O) groups excluding carboxylic acids is 5. The third kappa shape index (κ3) is 22.0. The number of benzene rings is 5. The van der Waals surface area contributed by atoms with E-state index in [1.807, 2.05) is 205 Å². The standard InChI is InChI=1S/C19H21ClN6O2.C18H19ClN4O2.C18H19ClN4.C17H17ClN4O2.C17H17ClN4O.2CO2/c20-13-1-3-14(4-2-13)26-16-11-22-7-5-15(16)18(24-26)25-9-10-28-12-17(25)19(27)23-8-6-21;19-13-1-3-14(4-2-13)23-17-11-20-7-5-16(17)18(21-23)22-8-10-25-12-15(22)6-9-24;1-13-4-2-3-11-22(13)18-16-9-10-20-12-17(16)23(21-18)15-7-5-14(19)6-8-15;18-12-1-3-13(4-2-12)22-16-9-19-6-5-15(16)17(20-22)21-7-8-24-11-14(21)10-23;1-12-11-23-9-8-21(12)17-15-6-7-19-10-16(15)22(20-17)14-4-2-13(18)3-5-14;2*2-1-3/h1-5,7,11,17H,6,8-10,12,21H2,(H,23,27);1-5,7,11,15,24H,6,8-10,12H2;5-10,12-13H,2-4,11H2,1H3;1-6,9,14,23H,7-8,10-11H2;2-7,10,12H,8-9,11H2,1H3;;/t;;;14-;;;/m...1.../s1. The number of anilines is 5. The average Bonchev–Trinajstić information content (AvgIpc) is 1.65. The molecule has 0 bridgehead atoms. The van der Waals surface area contributed by atoms with Crippen molar-refractivity contribution in [1.82, 2.24) is 79.1 Å². The summed E-state index contributed by atoms with van der Waals surface area (Å²) >= 11 is 30.0. The van der Waals surface area contributed by atoms with Crippen LogP contribution in [0.4, 0.5) is 29.1 Å². The molecule has 4 unspecified atom stereocenters. The number of nitrogens with zero attached hydrogens (tertiary/aromatic N) is 20. The molecule has 0 spiro atoms. The number of piperidine rings is 1. The van der Waals surface area contributed by atoms with Crippen LogP contribution in [0.5, 0.6) is 0 Å². The van der Waals surface area contributed by atoms with Crippen molar-refractivity contribution >= 4 is 160 Å². The lowest BCUT2D eigenvalue weighted by Crippen LogP contribution is -2.54. The molecule has 10 aromatic heterocycles. The number of aromatic nitrogens is 15. The maximum Gasteiger partial charge on any atom is 0.373 e. The lowest BCUT2D eigenvalue weighted by atomic mass is 10.0. The monoisotopic (exact) mass is 1840 g/mol. The highest BCUT2D eigenvalue weighted by molar-refractivity contribution is 6.32. The molecule has 0 aliphatic carbocycles. The highest BCUT2D eigenvalue weighted by Gasteiger charge is 2.35. The molecule has 5 aromatic carbocycles. The Morgan fingerprint density at radius 3 is 1.02 bits per heavy atom. The van der Waals surface area contributed by atoms with Crippen LogP contribution in [0.3, 0.4) is 0 Å². The molecular weight excluding hydrogens is 1750 g/mol. The fourth-order valence-corrected chi connectivity index (χ4v) is 16.6. The number of ether oxygens (including phenoxy) is 4. The molecule has 38 heteroatoms. The van der Waals surface area contributed by atoms with Crippen LogP contribution in [0.25, 0.3) is 83.0 Å². The van der Waals surface area contributed by atoms with Crippen molar-refractivity contribution < 1.29 is 53.1 Å². The Morgan fingerprint density at radius 2 is 0.690 bits per heavy atom. The van der Waals surface area contributed by atoms with Crippen LogP contribution in [-0.4, -0.2) is 244 Å². The summed E-state index contributed by atoms with van der Waals surface area (Å²) in [5.74, 6) is 4.38. The highest BCUT2D eigenvalue weighted by Crippen LogP contribution is 2.38. The summed E-state index contributed by atoms with van der Waals surface area (Å²) < 4.78 is 31.6. The number of pyridine rings is 5. The molecule has 129 heavy (non-hydrogen) atoms. The predicted octanol–water partition coefficient (Wildman–Crippen LogP) is 12.9. The maximum absolute atomic E-state index is 12.6. The van der Waals surface area contributed by atoms with E-state index in [-0.39, 0.29) is 43.5 Å².